The zero-order valence-electron chi connectivity index (χ0n) is 15.4. The van der Waals surface area contributed by atoms with Gasteiger partial charge < -0.3 is 9.64 Å². The fourth-order valence-corrected chi connectivity index (χ4v) is 4.96. The third-order valence-corrected chi connectivity index (χ3v) is 6.16. The normalized spacial score (nSPS) is 23.9. The first-order valence-corrected chi connectivity index (χ1v) is 9.71. The van der Waals surface area contributed by atoms with Gasteiger partial charge in [0.2, 0.25) is 0 Å². The molecule has 0 N–H and O–H groups in total. The number of nitrogens with zero attached hydrogens (tertiary/aromatic N) is 5. The van der Waals surface area contributed by atoms with Crippen LogP contribution in [0.1, 0.15) is 25.7 Å². The molecule has 152 valence electrons. The molecule has 2 saturated heterocycles. The lowest BCUT2D eigenvalue weighted by Gasteiger charge is -2.40. The highest BCUT2D eigenvalue weighted by molar-refractivity contribution is 6.33. The van der Waals surface area contributed by atoms with Crippen molar-refractivity contribution in [3.05, 3.63) is 41.1 Å². The van der Waals surface area contributed by atoms with E-state index in [0.29, 0.717) is 18.0 Å². The van der Waals surface area contributed by atoms with E-state index >= 15 is 0 Å². The van der Waals surface area contributed by atoms with Crippen LogP contribution in [0, 0.1) is 17.5 Å². The van der Waals surface area contributed by atoms with Crippen LogP contribution in [0.15, 0.2) is 18.5 Å². The summed E-state index contributed by atoms with van der Waals surface area (Å²) in [5.74, 6) is -2.46. The van der Waals surface area contributed by atoms with Crippen molar-refractivity contribution in [2.24, 2.45) is 0 Å². The molecule has 0 spiro atoms. The van der Waals surface area contributed by atoms with Gasteiger partial charge in [-0.25, -0.2) is 13.2 Å². The first kappa shape index (κ1) is 18.6. The van der Waals surface area contributed by atoms with Gasteiger partial charge in [0.25, 0.3) is 5.78 Å². The quantitative estimate of drug-likeness (QED) is 0.596. The predicted octanol–water partition coefficient (Wildman–Crippen LogP) is 4.01. The highest BCUT2D eigenvalue weighted by Crippen LogP contribution is 2.46. The molecule has 3 aromatic rings. The van der Waals surface area contributed by atoms with Gasteiger partial charge in [0, 0.05) is 31.3 Å². The summed E-state index contributed by atoms with van der Waals surface area (Å²) < 4.78 is 50.0. The molecule has 2 aliphatic rings. The standard InChI is InChI=1S/C19H17ClF3N5O/c1-29-12-6-10-2-3-11(7-12)27(10)18-16(15-13(22)4-9(21)5-14(15)23)17(20)26-19-24-8-25-28(18)19/h4-5,8,10-12H,2-3,6-7H2,1H3/t10-,11?,12?/m0/s1. The molecule has 5 rings (SSSR count). The predicted molar refractivity (Wildman–Crippen MR) is 100 cm³/mol. The molecule has 2 unspecified atom stereocenters. The minimum absolute atomic E-state index is 0.0485. The van der Waals surface area contributed by atoms with Crippen LogP contribution in [0.4, 0.5) is 19.0 Å². The van der Waals surface area contributed by atoms with Crippen LogP contribution in [0.3, 0.4) is 0 Å². The third kappa shape index (κ3) is 2.86. The summed E-state index contributed by atoms with van der Waals surface area (Å²) >= 11 is 6.40. The topological polar surface area (TPSA) is 55.5 Å². The zero-order chi connectivity index (χ0) is 20.3. The zero-order valence-corrected chi connectivity index (χ0v) is 16.2. The van der Waals surface area contributed by atoms with Crippen LogP contribution in [0.2, 0.25) is 5.15 Å². The number of halogens is 4. The molecule has 2 aromatic heterocycles. The highest BCUT2D eigenvalue weighted by Gasteiger charge is 2.44. The van der Waals surface area contributed by atoms with Gasteiger partial charge in [-0.2, -0.15) is 19.6 Å². The van der Waals surface area contributed by atoms with Gasteiger partial charge in [0.1, 0.15) is 34.7 Å². The maximum absolute atomic E-state index is 14.7. The lowest BCUT2D eigenvalue weighted by molar-refractivity contribution is 0.0681. The summed E-state index contributed by atoms with van der Waals surface area (Å²) in [4.78, 5) is 10.3. The fourth-order valence-electron chi connectivity index (χ4n) is 4.70. The summed E-state index contributed by atoms with van der Waals surface area (Å²) in [7, 11) is 1.69. The molecule has 10 heteroatoms. The largest absolute Gasteiger partial charge is 0.381 e. The average molecular weight is 424 g/mol. The van der Waals surface area contributed by atoms with Crippen LogP contribution in [0.5, 0.6) is 0 Å². The number of rotatable bonds is 3. The van der Waals surface area contributed by atoms with E-state index in [0.717, 1.165) is 25.7 Å². The number of hydrogen-bond donors (Lipinski definition) is 0. The molecule has 4 heterocycles. The number of aromatic nitrogens is 4. The SMILES string of the molecule is COC1CC2CC[C@@H](C1)N2c1c(-c2c(F)cc(F)cc2F)c(Cl)nc2ncnn12. The van der Waals surface area contributed by atoms with Gasteiger partial charge in [0.15, 0.2) is 0 Å². The number of benzene rings is 1. The minimum atomic E-state index is -1.05. The van der Waals surface area contributed by atoms with Crippen molar-refractivity contribution in [1.29, 1.82) is 0 Å². The second-order valence-corrected chi connectivity index (χ2v) is 7.80. The van der Waals surface area contributed by atoms with Crippen molar-refractivity contribution in [3.63, 3.8) is 0 Å². The number of methoxy groups -OCH3 is 1. The van der Waals surface area contributed by atoms with Gasteiger partial charge >= 0.3 is 0 Å². The van der Waals surface area contributed by atoms with Gasteiger partial charge in [-0.1, -0.05) is 11.6 Å². The number of piperidine rings is 1. The van der Waals surface area contributed by atoms with E-state index < -0.39 is 23.0 Å². The maximum atomic E-state index is 14.7. The van der Waals surface area contributed by atoms with Gasteiger partial charge in [-0.15, -0.1) is 0 Å². The molecule has 0 radical (unpaired) electrons. The lowest BCUT2D eigenvalue weighted by Crippen LogP contribution is -2.46. The lowest BCUT2D eigenvalue weighted by atomic mass is 9.97. The van der Waals surface area contributed by atoms with Gasteiger partial charge in [0.05, 0.1) is 17.2 Å². The molecule has 3 atom stereocenters. The van der Waals surface area contributed by atoms with Crippen molar-refractivity contribution in [2.45, 2.75) is 43.9 Å². The Morgan fingerprint density at radius 3 is 2.34 bits per heavy atom. The number of hydrogen-bond acceptors (Lipinski definition) is 5. The van der Waals surface area contributed by atoms with Crippen LogP contribution in [-0.4, -0.2) is 44.9 Å². The van der Waals surface area contributed by atoms with Crippen molar-refractivity contribution in [3.8, 4) is 11.1 Å². The maximum Gasteiger partial charge on any atom is 0.255 e. The van der Waals surface area contributed by atoms with Gasteiger partial charge in [-0.3, -0.25) is 0 Å². The van der Waals surface area contributed by atoms with Crippen LogP contribution < -0.4 is 4.90 Å². The molecular formula is C19H17ClF3N5O. The van der Waals surface area contributed by atoms with E-state index in [9.17, 15) is 13.2 Å². The van der Waals surface area contributed by atoms with E-state index in [1.807, 2.05) is 0 Å². The summed E-state index contributed by atoms with van der Waals surface area (Å²) in [5.41, 5.74) is -0.378. The van der Waals surface area contributed by atoms with Crippen molar-refractivity contribution in [1.82, 2.24) is 19.6 Å². The molecule has 29 heavy (non-hydrogen) atoms. The first-order valence-electron chi connectivity index (χ1n) is 9.33. The Morgan fingerprint density at radius 1 is 1.07 bits per heavy atom. The molecule has 2 bridgehead atoms. The number of ether oxygens (including phenoxy) is 1. The fraction of sp³-hybridized carbons (Fsp3) is 0.421. The summed E-state index contributed by atoms with van der Waals surface area (Å²) in [6.45, 7) is 0. The van der Waals surface area contributed by atoms with Crippen molar-refractivity contribution in [2.75, 3.05) is 12.0 Å². The smallest absolute Gasteiger partial charge is 0.255 e. The summed E-state index contributed by atoms with van der Waals surface area (Å²) in [6.07, 6.45) is 4.80. The Kier molecular flexibility index (Phi) is 4.40. The number of fused-ring (bicyclic) bond motifs is 3. The van der Waals surface area contributed by atoms with Crippen LogP contribution in [0.25, 0.3) is 16.9 Å². The minimum Gasteiger partial charge on any atom is -0.381 e. The van der Waals surface area contributed by atoms with Crippen molar-refractivity contribution >= 4 is 23.2 Å². The third-order valence-electron chi connectivity index (χ3n) is 5.88. The second kappa shape index (κ2) is 6.84. The Morgan fingerprint density at radius 2 is 1.72 bits per heavy atom. The molecule has 0 aliphatic carbocycles. The molecule has 0 saturated carbocycles. The molecule has 2 aliphatic heterocycles. The molecule has 6 nitrogen and oxygen atoms in total. The molecule has 1 aromatic carbocycles. The van der Waals surface area contributed by atoms with E-state index in [1.54, 1.807) is 7.11 Å². The van der Waals surface area contributed by atoms with E-state index in [1.165, 1.54) is 10.8 Å². The monoisotopic (exact) mass is 423 g/mol. The van der Waals surface area contributed by atoms with Crippen molar-refractivity contribution < 1.29 is 17.9 Å². The Balaban J connectivity index is 1.78. The Hall–Kier alpha value is -2.39. The van der Waals surface area contributed by atoms with Crippen LogP contribution >= 0.6 is 11.6 Å². The highest BCUT2D eigenvalue weighted by atomic mass is 35.5. The Labute approximate surface area is 169 Å². The van der Waals surface area contributed by atoms with E-state index in [4.69, 9.17) is 16.3 Å². The average Bonchev–Trinajstić information content (AvgIpc) is 3.22. The number of anilines is 1. The molecular weight excluding hydrogens is 407 g/mol. The van der Waals surface area contributed by atoms with E-state index in [-0.39, 0.29) is 34.7 Å². The van der Waals surface area contributed by atoms with Crippen LogP contribution in [-0.2, 0) is 4.74 Å². The van der Waals surface area contributed by atoms with Gasteiger partial charge in [-0.05, 0) is 25.7 Å². The first-order chi connectivity index (χ1) is 14.0. The molecule has 0 amide bonds. The summed E-state index contributed by atoms with van der Waals surface area (Å²) in [6, 6.07) is 1.45. The molecule has 2 fully saturated rings. The Bertz CT molecular complexity index is 1070. The summed E-state index contributed by atoms with van der Waals surface area (Å²) in [5, 5.41) is 4.11. The van der Waals surface area contributed by atoms with E-state index in [2.05, 4.69) is 20.0 Å². The second-order valence-electron chi connectivity index (χ2n) is 7.44.